The molecule has 0 amide bonds. The molecule has 0 aliphatic rings. The third-order valence-electron chi connectivity index (χ3n) is 4.18. The highest BCUT2D eigenvalue weighted by molar-refractivity contribution is 6.32. The zero-order valence-corrected chi connectivity index (χ0v) is 15.7. The van der Waals surface area contributed by atoms with Crippen LogP contribution in [0.3, 0.4) is 0 Å². The average Bonchev–Trinajstić information content (AvgIpc) is 2.76. The smallest absolute Gasteiger partial charge is 0.289 e. The lowest BCUT2D eigenvalue weighted by Gasteiger charge is -2.09. The van der Waals surface area contributed by atoms with Crippen molar-refractivity contribution in [3.8, 4) is 22.4 Å². The first-order valence-electron chi connectivity index (χ1n) is 8.65. The fraction of sp³-hybridized carbons (Fsp3) is 0. The summed E-state index contributed by atoms with van der Waals surface area (Å²) in [6.45, 7) is 0. The van der Waals surface area contributed by atoms with Gasteiger partial charge in [-0.1, -0.05) is 60.1 Å². The Morgan fingerprint density at radius 1 is 0.897 bits per heavy atom. The summed E-state index contributed by atoms with van der Waals surface area (Å²) in [7, 11) is 0. The minimum atomic E-state index is -0.512. The van der Waals surface area contributed by atoms with Crippen molar-refractivity contribution in [1.82, 2.24) is 15.0 Å². The highest BCUT2D eigenvalue weighted by atomic mass is 35.5. The third kappa shape index (κ3) is 4.20. The maximum atomic E-state index is 10.9. The van der Waals surface area contributed by atoms with Gasteiger partial charge >= 0.3 is 0 Å². The van der Waals surface area contributed by atoms with Crippen LogP contribution in [0, 0.1) is 10.1 Å². The third-order valence-corrected chi connectivity index (χ3v) is 4.45. The van der Waals surface area contributed by atoms with Gasteiger partial charge in [0.15, 0.2) is 0 Å². The van der Waals surface area contributed by atoms with Gasteiger partial charge in [0, 0.05) is 11.6 Å². The molecular weight excluding hydrogens is 390 g/mol. The number of nitrogens with one attached hydrogen (secondary N) is 1. The minimum Gasteiger partial charge on any atom is -0.323 e. The van der Waals surface area contributed by atoms with E-state index in [4.69, 9.17) is 11.6 Å². The lowest BCUT2D eigenvalue weighted by Crippen LogP contribution is -2.00. The van der Waals surface area contributed by atoms with E-state index in [1.807, 2.05) is 54.6 Å². The second-order valence-corrected chi connectivity index (χ2v) is 6.56. The van der Waals surface area contributed by atoms with Crippen LogP contribution in [-0.2, 0) is 0 Å². The predicted molar refractivity (Wildman–Crippen MR) is 112 cm³/mol. The number of halogens is 1. The molecule has 0 saturated heterocycles. The number of aromatic nitrogens is 3. The summed E-state index contributed by atoms with van der Waals surface area (Å²) in [4.78, 5) is 22.9. The molecule has 0 saturated carbocycles. The van der Waals surface area contributed by atoms with Crippen molar-refractivity contribution < 1.29 is 4.92 Å². The highest BCUT2D eigenvalue weighted by Crippen LogP contribution is 2.30. The Hall–Kier alpha value is -3.84. The summed E-state index contributed by atoms with van der Waals surface area (Å²) in [5.74, 6) is 0.261. The molecule has 142 valence electrons. The van der Waals surface area contributed by atoms with Crippen molar-refractivity contribution in [2.45, 2.75) is 0 Å². The summed E-state index contributed by atoms with van der Waals surface area (Å²) < 4.78 is 0. The van der Waals surface area contributed by atoms with E-state index in [-0.39, 0.29) is 11.6 Å². The van der Waals surface area contributed by atoms with Crippen LogP contribution in [-0.4, -0.2) is 19.9 Å². The molecular formula is C21H14ClN5O2. The van der Waals surface area contributed by atoms with Gasteiger partial charge in [0.2, 0.25) is 5.95 Å². The number of anilines is 2. The Morgan fingerprint density at radius 2 is 1.66 bits per heavy atom. The molecule has 0 bridgehead atoms. The van der Waals surface area contributed by atoms with Crippen molar-refractivity contribution in [3.63, 3.8) is 0 Å². The molecule has 0 unspecified atom stereocenters. The largest absolute Gasteiger partial charge is 0.323 e. The Bertz CT molecular complexity index is 1180. The molecule has 0 aliphatic heterocycles. The molecule has 0 spiro atoms. The van der Waals surface area contributed by atoms with Gasteiger partial charge in [-0.05, 0) is 17.2 Å². The first-order chi connectivity index (χ1) is 14.1. The van der Waals surface area contributed by atoms with Crippen molar-refractivity contribution in [1.29, 1.82) is 0 Å². The summed E-state index contributed by atoms with van der Waals surface area (Å²) in [5.41, 5.74) is 3.79. The molecule has 1 N–H and O–H groups in total. The zero-order chi connectivity index (χ0) is 20.2. The van der Waals surface area contributed by atoms with Gasteiger partial charge in [-0.2, -0.15) is 0 Å². The van der Waals surface area contributed by atoms with Gasteiger partial charge in [0.05, 0.1) is 33.7 Å². The van der Waals surface area contributed by atoms with E-state index in [0.717, 1.165) is 16.7 Å². The maximum absolute atomic E-state index is 10.9. The van der Waals surface area contributed by atoms with E-state index >= 15 is 0 Å². The molecule has 8 heteroatoms. The fourth-order valence-electron chi connectivity index (χ4n) is 2.83. The number of hydrogen-bond donors (Lipinski definition) is 1. The van der Waals surface area contributed by atoms with Crippen LogP contribution in [0.1, 0.15) is 0 Å². The fourth-order valence-corrected chi connectivity index (χ4v) is 3.03. The molecule has 2 aromatic carbocycles. The Labute approximate surface area is 171 Å². The number of nitrogens with zero attached hydrogens (tertiary/aromatic N) is 4. The first-order valence-corrected chi connectivity index (χ1v) is 9.03. The van der Waals surface area contributed by atoms with E-state index < -0.39 is 4.92 Å². The SMILES string of the molecule is O=[N+]([O-])c1cncc(Nc2ncc(Cl)c(-c3cccc(-c4ccccc4)c3)n2)c1. The van der Waals surface area contributed by atoms with Crippen LogP contribution in [0.2, 0.25) is 5.02 Å². The van der Waals surface area contributed by atoms with Crippen LogP contribution in [0.25, 0.3) is 22.4 Å². The van der Waals surface area contributed by atoms with Gasteiger partial charge in [-0.25, -0.2) is 9.97 Å². The van der Waals surface area contributed by atoms with Gasteiger partial charge in [-0.3, -0.25) is 15.1 Å². The monoisotopic (exact) mass is 403 g/mol. The van der Waals surface area contributed by atoms with Crippen LogP contribution < -0.4 is 5.32 Å². The van der Waals surface area contributed by atoms with Gasteiger partial charge in [0.25, 0.3) is 5.69 Å². The number of nitro groups is 1. The van der Waals surface area contributed by atoms with Gasteiger partial charge in [-0.15, -0.1) is 0 Å². The van der Waals surface area contributed by atoms with Crippen LogP contribution in [0.5, 0.6) is 0 Å². The van der Waals surface area contributed by atoms with Gasteiger partial charge < -0.3 is 5.32 Å². The number of rotatable bonds is 5. The number of pyridine rings is 1. The summed E-state index contributed by atoms with van der Waals surface area (Å²) in [5, 5.41) is 14.3. The lowest BCUT2D eigenvalue weighted by atomic mass is 10.0. The zero-order valence-electron chi connectivity index (χ0n) is 15.0. The number of hydrogen-bond acceptors (Lipinski definition) is 6. The summed E-state index contributed by atoms with van der Waals surface area (Å²) in [6.07, 6.45) is 4.13. The molecule has 0 atom stereocenters. The summed E-state index contributed by atoms with van der Waals surface area (Å²) in [6, 6.07) is 19.2. The molecule has 2 aromatic heterocycles. The van der Waals surface area contributed by atoms with E-state index in [0.29, 0.717) is 16.4 Å². The Balaban J connectivity index is 1.68. The molecule has 4 rings (SSSR count). The second kappa shape index (κ2) is 8.04. The quantitative estimate of drug-likeness (QED) is 0.348. The van der Waals surface area contributed by atoms with Crippen molar-refractivity contribution in [3.05, 3.63) is 94.4 Å². The van der Waals surface area contributed by atoms with Crippen LogP contribution in [0.15, 0.2) is 79.3 Å². The van der Waals surface area contributed by atoms with E-state index in [2.05, 4.69) is 20.3 Å². The highest BCUT2D eigenvalue weighted by Gasteiger charge is 2.12. The standard InChI is InChI=1S/C21H14ClN5O2/c22-19-13-24-21(25-17-10-18(27(28)29)12-23-11-17)26-20(19)16-8-4-7-15(9-16)14-5-2-1-3-6-14/h1-13H,(H,24,25,26). The molecule has 7 nitrogen and oxygen atoms in total. The lowest BCUT2D eigenvalue weighted by molar-refractivity contribution is -0.385. The molecule has 0 radical (unpaired) electrons. The van der Waals surface area contributed by atoms with E-state index in [9.17, 15) is 10.1 Å². The first kappa shape index (κ1) is 18.5. The van der Waals surface area contributed by atoms with Crippen LogP contribution >= 0.6 is 11.6 Å². The topological polar surface area (TPSA) is 93.8 Å². The summed E-state index contributed by atoms with van der Waals surface area (Å²) >= 11 is 6.34. The average molecular weight is 404 g/mol. The number of benzene rings is 2. The van der Waals surface area contributed by atoms with Crippen molar-refractivity contribution >= 4 is 28.9 Å². The minimum absolute atomic E-state index is 0.125. The van der Waals surface area contributed by atoms with Crippen molar-refractivity contribution in [2.75, 3.05) is 5.32 Å². The molecule has 29 heavy (non-hydrogen) atoms. The van der Waals surface area contributed by atoms with Gasteiger partial charge in [0.1, 0.15) is 6.20 Å². The molecule has 4 aromatic rings. The van der Waals surface area contributed by atoms with Crippen LogP contribution in [0.4, 0.5) is 17.3 Å². The predicted octanol–water partition coefficient (Wildman–Crippen LogP) is 5.51. The second-order valence-electron chi connectivity index (χ2n) is 6.15. The van der Waals surface area contributed by atoms with Crippen molar-refractivity contribution in [2.24, 2.45) is 0 Å². The Morgan fingerprint density at radius 3 is 2.45 bits per heavy atom. The van der Waals surface area contributed by atoms with E-state index in [1.165, 1.54) is 24.7 Å². The van der Waals surface area contributed by atoms with E-state index in [1.54, 1.807) is 0 Å². The maximum Gasteiger partial charge on any atom is 0.289 e. The molecule has 2 heterocycles. The molecule has 0 fully saturated rings. The molecule has 0 aliphatic carbocycles. The normalized spacial score (nSPS) is 10.5. The Kier molecular flexibility index (Phi) is 5.13.